The summed E-state index contributed by atoms with van der Waals surface area (Å²) >= 11 is 0. The van der Waals surface area contributed by atoms with Gasteiger partial charge in [-0.2, -0.15) is 0 Å². The zero-order chi connectivity index (χ0) is 15.8. The van der Waals surface area contributed by atoms with Gasteiger partial charge in [-0.05, 0) is 26.2 Å². The molecule has 2 saturated heterocycles. The van der Waals surface area contributed by atoms with E-state index in [1.165, 1.54) is 12.4 Å². The Bertz CT molecular complexity index is 637. The monoisotopic (exact) mass is 328 g/mol. The second-order valence-corrected chi connectivity index (χ2v) is 8.47. The lowest BCUT2D eigenvalue weighted by Gasteiger charge is -2.40. The van der Waals surface area contributed by atoms with E-state index >= 15 is 0 Å². The first-order chi connectivity index (χ1) is 10.4. The molecule has 122 valence electrons. The van der Waals surface area contributed by atoms with Crippen molar-refractivity contribution >= 4 is 16.0 Å². The van der Waals surface area contributed by atoms with Gasteiger partial charge in [-0.1, -0.05) is 0 Å². The topological polar surface area (TPSA) is 66.4 Å². The Labute approximate surface area is 130 Å². The maximum absolute atomic E-state index is 13.0. The number of piperidine rings is 1. The zero-order valence-corrected chi connectivity index (χ0v) is 13.5. The molecule has 1 spiro atoms. The highest BCUT2D eigenvalue weighted by atomic mass is 32.2. The molecule has 0 saturated carbocycles. The smallest absolute Gasteiger partial charge is 0.225 e. The van der Waals surface area contributed by atoms with Crippen molar-refractivity contribution in [2.45, 2.75) is 26.2 Å². The predicted molar refractivity (Wildman–Crippen MR) is 81.5 cm³/mol. The van der Waals surface area contributed by atoms with Crippen LogP contribution < -0.4 is 4.90 Å². The first-order valence-electron chi connectivity index (χ1n) is 7.64. The highest BCUT2D eigenvalue weighted by Gasteiger charge is 2.44. The van der Waals surface area contributed by atoms with E-state index in [-0.39, 0.29) is 11.2 Å². The minimum absolute atomic E-state index is 0.0295. The van der Waals surface area contributed by atoms with Crippen molar-refractivity contribution < 1.29 is 12.8 Å². The number of rotatable bonds is 3. The van der Waals surface area contributed by atoms with E-state index in [4.69, 9.17) is 0 Å². The van der Waals surface area contributed by atoms with Crippen molar-refractivity contribution in [3.63, 3.8) is 0 Å². The number of sulfonamides is 1. The Morgan fingerprint density at radius 2 is 1.95 bits per heavy atom. The van der Waals surface area contributed by atoms with Crippen LogP contribution in [0.3, 0.4) is 0 Å². The molecule has 1 aromatic rings. The minimum atomic E-state index is -3.13. The van der Waals surface area contributed by atoms with Crippen molar-refractivity contribution in [2.24, 2.45) is 5.41 Å². The molecule has 0 amide bonds. The summed E-state index contributed by atoms with van der Waals surface area (Å²) in [5.41, 5.74) is -0.0295. The molecule has 0 N–H and O–H groups in total. The van der Waals surface area contributed by atoms with Crippen LogP contribution in [0, 0.1) is 11.2 Å². The fourth-order valence-electron chi connectivity index (χ4n) is 3.49. The molecule has 22 heavy (non-hydrogen) atoms. The molecule has 2 fully saturated rings. The van der Waals surface area contributed by atoms with Crippen molar-refractivity contribution in [3.05, 3.63) is 18.2 Å². The first kappa shape index (κ1) is 15.6. The molecule has 0 bridgehead atoms. The van der Waals surface area contributed by atoms with E-state index in [1.807, 2.05) is 4.90 Å². The maximum Gasteiger partial charge on any atom is 0.225 e. The summed E-state index contributed by atoms with van der Waals surface area (Å²) < 4.78 is 38.7. The van der Waals surface area contributed by atoms with Crippen LogP contribution in [0.15, 0.2) is 12.4 Å². The Balaban J connectivity index is 1.75. The lowest BCUT2D eigenvalue weighted by Crippen LogP contribution is -2.46. The largest absolute Gasteiger partial charge is 0.340 e. The van der Waals surface area contributed by atoms with Gasteiger partial charge < -0.3 is 4.90 Å². The predicted octanol–water partition coefficient (Wildman–Crippen LogP) is 1.26. The van der Waals surface area contributed by atoms with E-state index in [2.05, 4.69) is 9.97 Å². The van der Waals surface area contributed by atoms with Crippen LogP contribution in [0.1, 0.15) is 26.2 Å². The standard InChI is InChI=1S/C14H21FN4O2S/c1-2-22(20,21)19-7-5-14(11-19)4-3-6-18(10-14)13-16-8-12(15)9-17-13/h8-9H,2-7,10-11H2,1H3/t14-/m1/s1. The summed E-state index contributed by atoms with van der Waals surface area (Å²) in [6.07, 6.45) is 5.20. The molecule has 0 unspecified atom stereocenters. The number of anilines is 1. The summed E-state index contributed by atoms with van der Waals surface area (Å²) in [6, 6.07) is 0. The Hall–Kier alpha value is -1.28. The van der Waals surface area contributed by atoms with Gasteiger partial charge in [0.05, 0.1) is 18.1 Å². The van der Waals surface area contributed by atoms with E-state index in [0.717, 1.165) is 32.4 Å². The molecule has 8 heteroatoms. The summed E-state index contributed by atoms with van der Waals surface area (Å²) in [5, 5.41) is 0. The Kier molecular flexibility index (Phi) is 4.07. The van der Waals surface area contributed by atoms with Gasteiger partial charge in [-0.3, -0.25) is 0 Å². The van der Waals surface area contributed by atoms with Crippen LogP contribution in [0.5, 0.6) is 0 Å². The zero-order valence-electron chi connectivity index (χ0n) is 12.7. The van der Waals surface area contributed by atoms with E-state index in [9.17, 15) is 12.8 Å². The van der Waals surface area contributed by atoms with Gasteiger partial charge in [-0.25, -0.2) is 27.1 Å². The lowest BCUT2D eigenvalue weighted by molar-refractivity contribution is 0.246. The lowest BCUT2D eigenvalue weighted by atomic mass is 9.79. The molecular formula is C14H21FN4O2S. The number of hydrogen-bond acceptors (Lipinski definition) is 5. The van der Waals surface area contributed by atoms with Crippen molar-refractivity contribution in [1.82, 2.24) is 14.3 Å². The Morgan fingerprint density at radius 3 is 2.64 bits per heavy atom. The van der Waals surface area contributed by atoms with E-state index in [1.54, 1.807) is 11.2 Å². The third-order valence-electron chi connectivity index (χ3n) is 4.71. The molecular weight excluding hydrogens is 307 g/mol. The summed E-state index contributed by atoms with van der Waals surface area (Å²) in [4.78, 5) is 10.1. The molecule has 0 aromatic carbocycles. The highest BCUT2D eigenvalue weighted by Crippen LogP contribution is 2.40. The quantitative estimate of drug-likeness (QED) is 0.836. The molecule has 0 radical (unpaired) electrons. The number of halogens is 1. The summed E-state index contributed by atoms with van der Waals surface area (Å²) in [7, 11) is -3.13. The summed E-state index contributed by atoms with van der Waals surface area (Å²) in [5.74, 6) is 0.224. The number of hydrogen-bond donors (Lipinski definition) is 0. The summed E-state index contributed by atoms with van der Waals surface area (Å²) in [6.45, 7) is 4.40. The van der Waals surface area contributed by atoms with Crippen molar-refractivity contribution in [3.8, 4) is 0 Å². The van der Waals surface area contributed by atoms with Crippen LogP contribution >= 0.6 is 0 Å². The van der Waals surface area contributed by atoms with Gasteiger partial charge in [0.25, 0.3) is 0 Å². The molecule has 2 aliphatic heterocycles. The normalized spacial score (nSPS) is 26.7. The molecule has 1 atom stereocenters. The molecule has 1 aromatic heterocycles. The minimum Gasteiger partial charge on any atom is -0.340 e. The van der Waals surface area contributed by atoms with Gasteiger partial charge in [0.2, 0.25) is 16.0 Å². The van der Waals surface area contributed by atoms with Gasteiger partial charge in [0, 0.05) is 31.6 Å². The van der Waals surface area contributed by atoms with Crippen LogP contribution in [0.2, 0.25) is 0 Å². The van der Waals surface area contributed by atoms with E-state index < -0.39 is 15.8 Å². The fraction of sp³-hybridized carbons (Fsp3) is 0.714. The van der Waals surface area contributed by atoms with Crippen LogP contribution in [0.4, 0.5) is 10.3 Å². The Morgan fingerprint density at radius 1 is 1.23 bits per heavy atom. The SMILES string of the molecule is CCS(=O)(=O)N1CC[C@@]2(CCCN(c3ncc(F)cn3)C2)C1. The van der Waals surface area contributed by atoms with E-state index in [0.29, 0.717) is 19.0 Å². The molecule has 3 heterocycles. The second kappa shape index (κ2) is 5.73. The number of aromatic nitrogens is 2. The van der Waals surface area contributed by atoms with Crippen LogP contribution in [-0.4, -0.2) is 54.6 Å². The van der Waals surface area contributed by atoms with Gasteiger partial charge in [0.1, 0.15) is 0 Å². The van der Waals surface area contributed by atoms with Crippen molar-refractivity contribution in [2.75, 3.05) is 36.8 Å². The van der Waals surface area contributed by atoms with Crippen molar-refractivity contribution in [1.29, 1.82) is 0 Å². The van der Waals surface area contributed by atoms with Crippen LogP contribution in [0.25, 0.3) is 0 Å². The molecule has 6 nitrogen and oxygen atoms in total. The maximum atomic E-state index is 13.0. The fourth-order valence-corrected chi connectivity index (χ4v) is 4.70. The molecule has 2 aliphatic rings. The van der Waals surface area contributed by atoms with Gasteiger partial charge >= 0.3 is 0 Å². The first-order valence-corrected chi connectivity index (χ1v) is 9.25. The average Bonchev–Trinajstić information content (AvgIpc) is 2.92. The van der Waals surface area contributed by atoms with Gasteiger partial charge in [0.15, 0.2) is 5.82 Å². The second-order valence-electron chi connectivity index (χ2n) is 6.21. The third kappa shape index (κ3) is 2.94. The van der Waals surface area contributed by atoms with Crippen LogP contribution in [-0.2, 0) is 10.0 Å². The molecule has 3 rings (SSSR count). The molecule has 0 aliphatic carbocycles. The number of nitrogens with zero attached hydrogens (tertiary/aromatic N) is 4. The average molecular weight is 328 g/mol. The highest BCUT2D eigenvalue weighted by molar-refractivity contribution is 7.89. The van der Waals surface area contributed by atoms with Gasteiger partial charge in [-0.15, -0.1) is 0 Å². The third-order valence-corrected chi connectivity index (χ3v) is 6.54.